The van der Waals surface area contributed by atoms with Gasteiger partial charge in [-0.15, -0.1) is 0 Å². The van der Waals surface area contributed by atoms with Gasteiger partial charge in [0.05, 0.1) is 0 Å². The van der Waals surface area contributed by atoms with E-state index in [9.17, 15) is 4.79 Å². The molecule has 0 aliphatic carbocycles. The first-order valence-corrected chi connectivity index (χ1v) is 6.73. The van der Waals surface area contributed by atoms with Crippen LogP contribution in [-0.4, -0.2) is 33.1 Å². The molecule has 0 bridgehead atoms. The maximum atomic E-state index is 12.0. The number of hydrogen-bond donors (Lipinski definition) is 3. The van der Waals surface area contributed by atoms with Gasteiger partial charge in [-0.2, -0.15) is 16.9 Å². The number of aromatic amines is 1. The molecule has 6 heteroatoms. The predicted octanol–water partition coefficient (Wildman–Crippen LogP) is 1.32. The highest BCUT2D eigenvalue weighted by Gasteiger charge is 2.30. The molecule has 2 rings (SSSR count). The zero-order valence-corrected chi connectivity index (χ0v) is 11.0. The molecule has 1 aliphatic heterocycles. The third-order valence-corrected chi connectivity index (χ3v) is 4.66. The van der Waals surface area contributed by atoms with Crippen molar-refractivity contribution in [2.45, 2.75) is 31.4 Å². The fourth-order valence-corrected chi connectivity index (χ4v) is 3.31. The Hall–Kier alpha value is -1.17. The first kappa shape index (κ1) is 12.3. The van der Waals surface area contributed by atoms with E-state index in [4.69, 9.17) is 5.73 Å². The Morgan fingerprint density at radius 2 is 2.47 bits per heavy atom. The van der Waals surface area contributed by atoms with E-state index in [0.717, 1.165) is 6.42 Å². The number of hydrogen-bond acceptors (Lipinski definition) is 4. The molecule has 5 nitrogen and oxygen atoms in total. The van der Waals surface area contributed by atoms with Crippen molar-refractivity contribution in [2.75, 3.05) is 18.0 Å². The number of carbonyl (C=O) groups excluding carboxylic acids is 1. The number of amides is 1. The van der Waals surface area contributed by atoms with Gasteiger partial charge in [-0.1, -0.05) is 0 Å². The van der Waals surface area contributed by atoms with E-state index in [1.165, 1.54) is 12.2 Å². The fourth-order valence-electron chi connectivity index (χ4n) is 2.07. The quantitative estimate of drug-likeness (QED) is 0.759. The number of nitrogens with zero attached hydrogens (tertiary/aromatic N) is 1. The van der Waals surface area contributed by atoms with E-state index in [0.29, 0.717) is 17.8 Å². The molecule has 0 spiro atoms. The van der Waals surface area contributed by atoms with Crippen molar-refractivity contribution < 1.29 is 4.79 Å². The molecule has 94 valence electrons. The SMILES string of the molecule is Cc1[nH]nc(N)c1C(=O)NCC1(C)CCCS1. The van der Waals surface area contributed by atoms with Gasteiger partial charge in [-0.25, -0.2) is 0 Å². The Morgan fingerprint density at radius 1 is 1.71 bits per heavy atom. The van der Waals surface area contributed by atoms with Crippen molar-refractivity contribution in [3.63, 3.8) is 0 Å². The molecule has 17 heavy (non-hydrogen) atoms. The van der Waals surface area contributed by atoms with E-state index >= 15 is 0 Å². The Labute approximate surface area is 105 Å². The van der Waals surface area contributed by atoms with Gasteiger partial charge in [0.1, 0.15) is 5.56 Å². The van der Waals surface area contributed by atoms with Crippen LogP contribution in [0.4, 0.5) is 5.82 Å². The number of rotatable bonds is 3. The minimum atomic E-state index is -0.137. The van der Waals surface area contributed by atoms with E-state index in [1.54, 1.807) is 6.92 Å². The summed E-state index contributed by atoms with van der Waals surface area (Å²) in [5, 5.41) is 9.48. The highest BCUT2D eigenvalue weighted by Crippen LogP contribution is 2.37. The molecule has 1 fully saturated rings. The van der Waals surface area contributed by atoms with Crippen LogP contribution in [0.5, 0.6) is 0 Å². The molecular weight excluding hydrogens is 236 g/mol. The number of nitrogens with two attached hydrogens (primary N) is 1. The Balaban J connectivity index is 1.98. The lowest BCUT2D eigenvalue weighted by Crippen LogP contribution is -2.37. The normalized spacial score (nSPS) is 23.9. The summed E-state index contributed by atoms with van der Waals surface area (Å²) in [5.74, 6) is 1.31. The maximum Gasteiger partial charge on any atom is 0.256 e. The van der Waals surface area contributed by atoms with Gasteiger partial charge in [-0.05, 0) is 32.4 Å². The van der Waals surface area contributed by atoms with Gasteiger partial charge in [0.25, 0.3) is 5.91 Å². The van der Waals surface area contributed by atoms with E-state index in [1.807, 2.05) is 11.8 Å². The first-order chi connectivity index (χ1) is 8.02. The monoisotopic (exact) mass is 254 g/mol. The Morgan fingerprint density at radius 3 is 3.00 bits per heavy atom. The zero-order valence-electron chi connectivity index (χ0n) is 10.2. The molecule has 2 heterocycles. The summed E-state index contributed by atoms with van der Waals surface area (Å²) in [6, 6.07) is 0. The summed E-state index contributed by atoms with van der Waals surface area (Å²) in [5.41, 5.74) is 6.83. The minimum absolute atomic E-state index is 0.137. The number of nitrogens with one attached hydrogen (secondary N) is 2. The van der Waals surface area contributed by atoms with Gasteiger partial charge in [0.15, 0.2) is 5.82 Å². The van der Waals surface area contributed by atoms with Crippen LogP contribution < -0.4 is 11.1 Å². The second kappa shape index (κ2) is 4.60. The number of carbonyl (C=O) groups is 1. The van der Waals surface area contributed by atoms with Crippen molar-refractivity contribution in [3.8, 4) is 0 Å². The standard InChI is InChI=1S/C11H18N4OS/c1-7-8(9(12)15-14-7)10(16)13-6-11(2)4-3-5-17-11/h3-6H2,1-2H3,(H,13,16)(H3,12,14,15). The molecule has 1 aliphatic rings. The van der Waals surface area contributed by atoms with Crippen LogP contribution in [0.1, 0.15) is 35.8 Å². The largest absolute Gasteiger partial charge is 0.382 e. The van der Waals surface area contributed by atoms with Crippen LogP contribution in [0.2, 0.25) is 0 Å². The predicted molar refractivity (Wildman–Crippen MR) is 70.2 cm³/mol. The van der Waals surface area contributed by atoms with Gasteiger partial charge >= 0.3 is 0 Å². The van der Waals surface area contributed by atoms with Crippen LogP contribution in [0, 0.1) is 6.92 Å². The van der Waals surface area contributed by atoms with Crippen LogP contribution in [-0.2, 0) is 0 Å². The zero-order chi connectivity index (χ0) is 12.5. The lowest BCUT2D eigenvalue weighted by atomic mass is 10.1. The average molecular weight is 254 g/mol. The summed E-state index contributed by atoms with van der Waals surface area (Å²) in [6.07, 6.45) is 2.38. The molecule has 1 saturated heterocycles. The summed E-state index contributed by atoms with van der Waals surface area (Å²) in [4.78, 5) is 12.0. The lowest BCUT2D eigenvalue weighted by Gasteiger charge is -2.22. The summed E-state index contributed by atoms with van der Waals surface area (Å²) in [7, 11) is 0. The molecule has 0 saturated carbocycles. The smallest absolute Gasteiger partial charge is 0.256 e. The molecule has 1 amide bonds. The summed E-state index contributed by atoms with van der Waals surface area (Å²) >= 11 is 1.92. The van der Waals surface area contributed by atoms with Crippen molar-refractivity contribution in [1.82, 2.24) is 15.5 Å². The molecule has 0 aromatic carbocycles. The number of aromatic nitrogens is 2. The van der Waals surface area contributed by atoms with Gasteiger partial charge in [-0.3, -0.25) is 9.89 Å². The highest BCUT2D eigenvalue weighted by molar-refractivity contribution is 8.00. The number of aryl methyl sites for hydroxylation is 1. The number of anilines is 1. The summed E-state index contributed by atoms with van der Waals surface area (Å²) < 4.78 is 0.169. The van der Waals surface area contributed by atoms with Crippen molar-refractivity contribution in [2.24, 2.45) is 0 Å². The number of nitrogen functional groups attached to an aromatic ring is 1. The molecule has 1 aromatic rings. The van der Waals surface area contributed by atoms with Crippen molar-refractivity contribution in [1.29, 1.82) is 0 Å². The summed E-state index contributed by atoms with van der Waals surface area (Å²) in [6.45, 7) is 4.67. The molecule has 1 atom stereocenters. The molecular formula is C11H18N4OS. The third-order valence-electron chi connectivity index (χ3n) is 3.13. The number of H-pyrrole nitrogens is 1. The highest BCUT2D eigenvalue weighted by atomic mass is 32.2. The van der Waals surface area contributed by atoms with Crippen LogP contribution in [0.25, 0.3) is 0 Å². The lowest BCUT2D eigenvalue weighted by molar-refractivity contribution is 0.0950. The molecule has 0 radical (unpaired) electrons. The van der Waals surface area contributed by atoms with Crippen molar-refractivity contribution >= 4 is 23.5 Å². The van der Waals surface area contributed by atoms with Gasteiger partial charge in [0, 0.05) is 17.0 Å². The minimum Gasteiger partial charge on any atom is -0.382 e. The molecule has 1 unspecified atom stereocenters. The van der Waals surface area contributed by atoms with Crippen molar-refractivity contribution in [3.05, 3.63) is 11.3 Å². The van der Waals surface area contributed by atoms with Crippen LogP contribution in [0.3, 0.4) is 0 Å². The second-order valence-electron chi connectivity index (χ2n) is 4.69. The topological polar surface area (TPSA) is 83.8 Å². The van der Waals surface area contributed by atoms with Crippen LogP contribution in [0.15, 0.2) is 0 Å². The number of thioether (sulfide) groups is 1. The second-order valence-corrected chi connectivity index (χ2v) is 6.38. The molecule has 4 N–H and O–H groups in total. The molecule has 1 aromatic heterocycles. The maximum absolute atomic E-state index is 12.0. The average Bonchev–Trinajstić information content (AvgIpc) is 2.84. The first-order valence-electron chi connectivity index (χ1n) is 5.74. The van der Waals surface area contributed by atoms with Gasteiger partial charge < -0.3 is 11.1 Å². The van der Waals surface area contributed by atoms with E-state index in [-0.39, 0.29) is 16.5 Å². The van der Waals surface area contributed by atoms with E-state index < -0.39 is 0 Å². The Kier molecular flexibility index (Phi) is 3.33. The Bertz CT molecular complexity index is 404. The van der Waals surface area contributed by atoms with E-state index in [2.05, 4.69) is 22.4 Å². The van der Waals surface area contributed by atoms with Gasteiger partial charge in [0.2, 0.25) is 0 Å². The third kappa shape index (κ3) is 2.57. The fraction of sp³-hybridized carbons (Fsp3) is 0.636. The van der Waals surface area contributed by atoms with Crippen LogP contribution >= 0.6 is 11.8 Å².